The third kappa shape index (κ3) is 3.70. The van der Waals surface area contributed by atoms with E-state index in [2.05, 4.69) is 16.8 Å². The number of rotatable bonds is 3. The van der Waals surface area contributed by atoms with E-state index in [-0.39, 0.29) is 0 Å². The molecule has 2 fully saturated rings. The Bertz CT molecular complexity index is 243. The molecule has 0 aromatic rings. The minimum absolute atomic E-state index is 0.345. The van der Waals surface area contributed by atoms with Gasteiger partial charge in [0.25, 0.3) is 0 Å². The van der Waals surface area contributed by atoms with E-state index in [1.807, 2.05) is 0 Å². The lowest BCUT2D eigenvalue weighted by Gasteiger charge is -2.33. The molecule has 1 saturated carbocycles. The number of hydrogen-bond donors (Lipinski definition) is 0. The molecule has 1 amide bonds. The Kier molecular flexibility index (Phi) is 4.84. The third-order valence-electron chi connectivity index (χ3n) is 4.29. The Morgan fingerprint density at radius 3 is 2.29 bits per heavy atom. The summed E-state index contributed by atoms with van der Waals surface area (Å²) in [6.45, 7) is 2.60. The normalized spacial score (nSPS) is 23.1. The average Bonchev–Trinajstić information content (AvgIpc) is 2.40. The van der Waals surface area contributed by atoms with E-state index in [0.717, 1.165) is 13.1 Å². The monoisotopic (exact) mass is 238 g/mol. The number of nitrogens with zero attached hydrogens (tertiary/aromatic N) is 2. The van der Waals surface area contributed by atoms with Gasteiger partial charge in [0.2, 0.25) is 5.91 Å². The molecule has 0 aromatic heterocycles. The Morgan fingerprint density at radius 1 is 1.06 bits per heavy atom. The molecule has 98 valence electrons. The fraction of sp³-hybridized carbons (Fsp3) is 0.929. The van der Waals surface area contributed by atoms with Gasteiger partial charge in [-0.2, -0.15) is 0 Å². The molecule has 0 spiro atoms. The molecule has 3 heteroatoms. The number of likely N-dealkylation sites (tertiary alicyclic amines) is 1. The van der Waals surface area contributed by atoms with Gasteiger partial charge >= 0.3 is 0 Å². The van der Waals surface area contributed by atoms with Gasteiger partial charge in [0, 0.05) is 19.1 Å². The van der Waals surface area contributed by atoms with Gasteiger partial charge in [-0.05, 0) is 39.2 Å². The van der Waals surface area contributed by atoms with Crippen molar-refractivity contribution >= 4 is 5.91 Å². The predicted molar refractivity (Wildman–Crippen MR) is 69.9 cm³/mol. The van der Waals surface area contributed by atoms with Gasteiger partial charge in [-0.1, -0.05) is 19.3 Å². The van der Waals surface area contributed by atoms with E-state index >= 15 is 0 Å². The van der Waals surface area contributed by atoms with Crippen LogP contribution in [0.4, 0.5) is 0 Å². The summed E-state index contributed by atoms with van der Waals surface area (Å²) < 4.78 is 0. The second-order valence-electron chi connectivity index (χ2n) is 5.65. The summed E-state index contributed by atoms with van der Waals surface area (Å²) in [6.07, 6.45) is 10.3. The molecule has 3 nitrogen and oxygen atoms in total. The second-order valence-corrected chi connectivity index (χ2v) is 5.65. The van der Waals surface area contributed by atoms with Crippen molar-refractivity contribution in [2.45, 2.75) is 57.4 Å². The molecular weight excluding hydrogens is 212 g/mol. The second kappa shape index (κ2) is 6.39. The lowest BCUT2D eigenvalue weighted by Crippen LogP contribution is -2.45. The average molecular weight is 238 g/mol. The first kappa shape index (κ1) is 12.9. The van der Waals surface area contributed by atoms with Crippen LogP contribution in [0.15, 0.2) is 0 Å². The maximum atomic E-state index is 12.1. The highest BCUT2D eigenvalue weighted by atomic mass is 16.2. The van der Waals surface area contributed by atoms with Gasteiger partial charge in [0.15, 0.2) is 0 Å². The van der Waals surface area contributed by atoms with Crippen molar-refractivity contribution in [3.63, 3.8) is 0 Å². The highest BCUT2D eigenvalue weighted by molar-refractivity contribution is 5.78. The first-order valence-electron chi connectivity index (χ1n) is 7.25. The van der Waals surface area contributed by atoms with Crippen LogP contribution >= 0.6 is 0 Å². The van der Waals surface area contributed by atoms with Crippen LogP contribution in [0.2, 0.25) is 0 Å². The quantitative estimate of drug-likeness (QED) is 0.753. The number of piperidine rings is 1. The minimum atomic E-state index is 0.345. The van der Waals surface area contributed by atoms with Crippen molar-refractivity contribution in [2.75, 3.05) is 26.7 Å². The van der Waals surface area contributed by atoms with Gasteiger partial charge in [-0.15, -0.1) is 0 Å². The predicted octanol–water partition coefficient (Wildman–Crippen LogP) is 2.26. The smallest absolute Gasteiger partial charge is 0.236 e. The summed E-state index contributed by atoms with van der Waals surface area (Å²) in [7, 11) is 2.12. The van der Waals surface area contributed by atoms with E-state index in [0.29, 0.717) is 18.5 Å². The molecule has 0 N–H and O–H groups in total. The third-order valence-corrected chi connectivity index (χ3v) is 4.29. The number of carbonyl (C=O) groups excluding carboxylic acids is 1. The fourth-order valence-corrected chi connectivity index (χ4v) is 3.11. The van der Waals surface area contributed by atoms with Crippen LogP contribution in [0.25, 0.3) is 0 Å². The lowest BCUT2D eigenvalue weighted by atomic mass is 9.94. The molecule has 1 aliphatic heterocycles. The van der Waals surface area contributed by atoms with Crippen LogP contribution in [0.5, 0.6) is 0 Å². The van der Waals surface area contributed by atoms with E-state index < -0.39 is 0 Å². The van der Waals surface area contributed by atoms with Crippen LogP contribution in [-0.4, -0.2) is 48.4 Å². The molecule has 1 heterocycles. The fourth-order valence-electron chi connectivity index (χ4n) is 3.11. The summed E-state index contributed by atoms with van der Waals surface area (Å²) in [5.41, 5.74) is 0. The van der Waals surface area contributed by atoms with Crippen LogP contribution in [0, 0.1) is 0 Å². The summed E-state index contributed by atoms with van der Waals surface area (Å²) in [5.74, 6) is 0.345. The van der Waals surface area contributed by atoms with Crippen molar-refractivity contribution in [1.29, 1.82) is 0 Å². The minimum Gasteiger partial charge on any atom is -0.342 e. The zero-order chi connectivity index (χ0) is 12.1. The van der Waals surface area contributed by atoms with Gasteiger partial charge in [-0.25, -0.2) is 0 Å². The molecule has 1 aliphatic carbocycles. The number of carbonyl (C=O) groups is 1. The van der Waals surface area contributed by atoms with Crippen LogP contribution in [0.1, 0.15) is 51.4 Å². The molecule has 2 rings (SSSR count). The maximum Gasteiger partial charge on any atom is 0.236 e. The Labute approximate surface area is 105 Å². The summed E-state index contributed by atoms with van der Waals surface area (Å²) in [6, 6.07) is 0.650. The molecule has 1 saturated heterocycles. The number of hydrogen-bond acceptors (Lipinski definition) is 2. The summed E-state index contributed by atoms with van der Waals surface area (Å²) in [5, 5.41) is 0. The summed E-state index contributed by atoms with van der Waals surface area (Å²) >= 11 is 0. The number of likely N-dealkylation sites (N-methyl/N-ethyl adjacent to an activating group) is 1. The molecule has 17 heavy (non-hydrogen) atoms. The Morgan fingerprint density at radius 2 is 1.65 bits per heavy atom. The van der Waals surface area contributed by atoms with Crippen LogP contribution in [-0.2, 0) is 4.79 Å². The highest BCUT2D eigenvalue weighted by Gasteiger charge is 2.23. The van der Waals surface area contributed by atoms with Crippen LogP contribution < -0.4 is 0 Å². The zero-order valence-corrected chi connectivity index (χ0v) is 11.2. The van der Waals surface area contributed by atoms with E-state index in [4.69, 9.17) is 0 Å². The lowest BCUT2D eigenvalue weighted by molar-refractivity contribution is -0.133. The molecule has 0 unspecified atom stereocenters. The standard InChI is InChI=1S/C14H26N2O/c1-15(13-8-4-2-5-9-13)12-14(17)16-10-6-3-7-11-16/h13H,2-12H2,1H3. The molecule has 2 aliphatic rings. The van der Waals surface area contributed by atoms with Gasteiger partial charge in [0.05, 0.1) is 6.54 Å². The largest absolute Gasteiger partial charge is 0.342 e. The van der Waals surface area contributed by atoms with Crippen molar-refractivity contribution in [3.8, 4) is 0 Å². The van der Waals surface area contributed by atoms with Gasteiger partial charge in [0.1, 0.15) is 0 Å². The Balaban J connectivity index is 1.76. The van der Waals surface area contributed by atoms with Crippen molar-refractivity contribution in [2.24, 2.45) is 0 Å². The first-order valence-corrected chi connectivity index (χ1v) is 7.25. The highest BCUT2D eigenvalue weighted by Crippen LogP contribution is 2.21. The number of amides is 1. The first-order chi connectivity index (χ1) is 8.27. The van der Waals surface area contributed by atoms with Crippen molar-refractivity contribution in [1.82, 2.24) is 9.80 Å². The van der Waals surface area contributed by atoms with Crippen molar-refractivity contribution < 1.29 is 4.79 Å². The van der Waals surface area contributed by atoms with E-state index in [1.165, 1.54) is 51.4 Å². The van der Waals surface area contributed by atoms with Gasteiger partial charge in [-0.3, -0.25) is 9.69 Å². The summed E-state index contributed by atoms with van der Waals surface area (Å²) in [4.78, 5) is 16.5. The topological polar surface area (TPSA) is 23.6 Å². The van der Waals surface area contributed by atoms with E-state index in [9.17, 15) is 4.79 Å². The maximum absolute atomic E-state index is 12.1. The van der Waals surface area contributed by atoms with E-state index in [1.54, 1.807) is 0 Å². The SMILES string of the molecule is CN(CC(=O)N1CCCCC1)C1CCCCC1. The molecule has 0 radical (unpaired) electrons. The van der Waals surface area contributed by atoms with Crippen molar-refractivity contribution in [3.05, 3.63) is 0 Å². The molecule has 0 atom stereocenters. The van der Waals surface area contributed by atoms with Gasteiger partial charge < -0.3 is 4.90 Å². The van der Waals surface area contributed by atoms with Crippen LogP contribution in [0.3, 0.4) is 0 Å². The molecule has 0 aromatic carbocycles. The Hall–Kier alpha value is -0.570. The zero-order valence-electron chi connectivity index (χ0n) is 11.2. The molecule has 0 bridgehead atoms. The molecular formula is C14H26N2O.